The first-order valence-corrected chi connectivity index (χ1v) is 5.81. The van der Waals surface area contributed by atoms with Crippen molar-refractivity contribution in [1.29, 1.82) is 0 Å². The molecule has 2 rings (SSSR count). The number of aliphatic hydroxyl groups is 1. The van der Waals surface area contributed by atoms with Gasteiger partial charge < -0.3 is 5.11 Å². The third-order valence-corrected chi connectivity index (χ3v) is 3.19. The minimum atomic E-state index is 0.200. The molecule has 1 N–H and O–H groups in total. The predicted molar refractivity (Wildman–Crippen MR) is 61.7 cm³/mol. The number of hydrogen-bond donors (Lipinski definition) is 1. The van der Waals surface area contributed by atoms with Gasteiger partial charge in [-0.15, -0.1) is 0 Å². The van der Waals surface area contributed by atoms with E-state index in [0.29, 0.717) is 0 Å². The molecule has 0 aliphatic carbocycles. The lowest BCUT2D eigenvalue weighted by Gasteiger charge is -2.33. The molecule has 1 saturated heterocycles. The lowest BCUT2D eigenvalue weighted by molar-refractivity contribution is 0.104. The predicted octanol–water partition coefficient (Wildman–Crippen LogP) is 2.21. The van der Waals surface area contributed by atoms with E-state index in [9.17, 15) is 5.11 Å². The normalized spacial score (nSPS) is 20.1. The van der Waals surface area contributed by atoms with Gasteiger partial charge in [-0.25, -0.2) is 0 Å². The SMILES string of the molecule is OC[C@H](c1ccccc1)N1CCCCC1. The van der Waals surface area contributed by atoms with E-state index in [1.54, 1.807) is 0 Å². The Labute approximate surface area is 91.5 Å². The van der Waals surface area contributed by atoms with E-state index < -0.39 is 0 Å². The highest BCUT2D eigenvalue weighted by molar-refractivity contribution is 5.19. The van der Waals surface area contributed by atoms with E-state index >= 15 is 0 Å². The van der Waals surface area contributed by atoms with Crippen molar-refractivity contribution in [3.8, 4) is 0 Å². The molecular weight excluding hydrogens is 186 g/mol. The first kappa shape index (κ1) is 10.7. The van der Waals surface area contributed by atoms with Crippen LogP contribution in [0.4, 0.5) is 0 Å². The number of hydrogen-bond acceptors (Lipinski definition) is 2. The van der Waals surface area contributed by atoms with Crippen LogP contribution in [0.3, 0.4) is 0 Å². The molecule has 82 valence electrons. The van der Waals surface area contributed by atoms with E-state index in [2.05, 4.69) is 17.0 Å². The van der Waals surface area contributed by atoms with Crippen molar-refractivity contribution in [2.45, 2.75) is 25.3 Å². The van der Waals surface area contributed by atoms with E-state index in [1.165, 1.54) is 24.8 Å². The minimum Gasteiger partial charge on any atom is -0.394 e. The Morgan fingerprint density at radius 3 is 2.33 bits per heavy atom. The quantitative estimate of drug-likeness (QED) is 0.817. The summed E-state index contributed by atoms with van der Waals surface area (Å²) in [4.78, 5) is 2.40. The summed E-state index contributed by atoms with van der Waals surface area (Å²) in [6, 6.07) is 10.5. The molecule has 1 atom stereocenters. The zero-order chi connectivity index (χ0) is 10.5. The van der Waals surface area contributed by atoms with Crippen molar-refractivity contribution in [1.82, 2.24) is 4.90 Å². The molecular formula is C13H19NO. The number of rotatable bonds is 3. The Balaban J connectivity index is 2.09. The molecule has 2 heteroatoms. The molecule has 0 unspecified atom stereocenters. The van der Waals surface area contributed by atoms with E-state index in [-0.39, 0.29) is 12.6 Å². The fraction of sp³-hybridized carbons (Fsp3) is 0.538. The van der Waals surface area contributed by atoms with Crippen molar-refractivity contribution >= 4 is 0 Å². The average molecular weight is 205 g/mol. The maximum absolute atomic E-state index is 9.49. The average Bonchev–Trinajstić information content (AvgIpc) is 2.33. The Morgan fingerprint density at radius 2 is 1.73 bits per heavy atom. The number of aliphatic hydroxyl groups excluding tert-OH is 1. The zero-order valence-electron chi connectivity index (χ0n) is 9.10. The molecule has 1 aliphatic rings. The Bertz CT molecular complexity index is 280. The van der Waals surface area contributed by atoms with Crippen LogP contribution >= 0.6 is 0 Å². The smallest absolute Gasteiger partial charge is 0.0628 e. The van der Waals surface area contributed by atoms with E-state index in [0.717, 1.165) is 13.1 Å². The summed E-state index contributed by atoms with van der Waals surface area (Å²) < 4.78 is 0. The summed E-state index contributed by atoms with van der Waals surface area (Å²) in [5.41, 5.74) is 1.24. The fourth-order valence-electron chi connectivity index (χ4n) is 2.34. The lowest BCUT2D eigenvalue weighted by atomic mass is 10.0. The second-order valence-corrected chi connectivity index (χ2v) is 4.21. The number of likely N-dealkylation sites (tertiary alicyclic amines) is 1. The number of piperidine rings is 1. The van der Waals surface area contributed by atoms with Crippen molar-refractivity contribution < 1.29 is 5.11 Å². The summed E-state index contributed by atoms with van der Waals surface area (Å²) in [6.45, 7) is 2.48. The molecule has 0 aromatic heterocycles. The van der Waals surface area contributed by atoms with Crippen LogP contribution in [-0.4, -0.2) is 29.7 Å². The fourth-order valence-corrected chi connectivity index (χ4v) is 2.34. The first-order chi connectivity index (χ1) is 7.42. The van der Waals surface area contributed by atoms with Crippen molar-refractivity contribution in [2.75, 3.05) is 19.7 Å². The van der Waals surface area contributed by atoms with Crippen LogP contribution in [-0.2, 0) is 0 Å². The van der Waals surface area contributed by atoms with Gasteiger partial charge in [0.1, 0.15) is 0 Å². The molecule has 0 bridgehead atoms. The third-order valence-electron chi connectivity index (χ3n) is 3.19. The highest BCUT2D eigenvalue weighted by atomic mass is 16.3. The second kappa shape index (κ2) is 5.29. The number of nitrogens with zero attached hydrogens (tertiary/aromatic N) is 1. The molecule has 1 fully saturated rings. The molecule has 1 aromatic carbocycles. The first-order valence-electron chi connectivity index (χ1n) is 5.81. The summed E-state index contributed by atoms with van der Waals surface area (Å²) in [5.74, 6) is 0. The third kappa shape index (κ3) is 2.58. The van der Waals surface area contributed by atoms with Gasteiger partial charge >= 0.3 is 0 Å². The molecule has 15 heavy (non-hydrogen) atoms. The Morgan fingerprint density at radius 1 is 1.07 bits per heavy atom. The Hall–Kier alpha value is -0.860. The summed E-state index contributed by atoms with van der Waals surface area (Å²) in [6.07, 6.45) is 3.87. The monoisotopic (exact) mass is 205 g/mol. The molecule has 0 saturated carbocycles. The van der Waals surface area contributed by atoms with Gasteiger partial charge in [0.25, 0.3) is 0 Å². The lowest BCUT2D eigenvalue weighted by Crippen LogP contribution is -2.35. The summed E-state index contributed by atoms with van der Waals surface area (Å²) >= 11 is 0. The maximum atomic E-state index is 9.49. The largest absolute Gasteiger partial charge is 0.394 e. The van der Waals surface area contributed by atoms with Crippen LogP contribution in [0, 0.1) is 0 Å². The van der Waals surface area contributed by atoms with Crippen LogP contribution in [0.15, 0.2) is 30.3 Å². The molecule has 0 amide bonds. The van der Waals surface area contributed by atoms with Crippen LogP contribution in [0.25, 0.3) is 0 Å². The Kier molecular flexibility index (Phi) is 3.75. The molecule has 1 aromatic rings. The van der Waals surface area contributed by atoms with Crippen molar-refractivity contribution in [3.05, 3.63) is 35.9 Å². The van der Waals surface area contributed by atoms with E-state index in [4.69, 9.17) is 0 Å². The molecule has 1 aliphatic heterocycles. The second-order valence-electron chi connectivity index (χ2n) is 4.21. The van der Waals surface area contributed by atoms with Crippen LogP contribution in [0.2, 0.25) is 0 Å². The van der Waals surface area contributed by atoms with Gasteiger partial charge in [-0.2, -0.15) is 0 Å². The van der Waals surface area contributed by atoms with Gasteiger partial charge in [-0.05, 0) is 31.5 Å². The van der Waals surface area contributed by atoms with Gasteiger partial charge in [0.15, 0.2) is 0 Å². The standard InChI is InChI=1S/C13H19NO/c15-11-13(12-7-3-1-4-8-12)14-9-5-2-6-10-14/h1,3-4,7-8,13,15H,2,5-6,9-11H2/t13-/m1/s1. The van der Waals surface area contributed by atoms with Gasteiger partial charge in [0.2, 0.25) is 0 Å². The van der Waals surface area contributed by atoms with Gasteiger partial charge in [0, 0.05) is 0 Å². The van der Waals surface area contributed by atoms with Crippen LogP contribution in [0.5, 0.6) is 0 Å². The highest BCUT2D eigenvalue weighted by Gasteiger charge is 2.20. The van der Waals surface area contributed by atoms with E-state index in [1.807, 2.05) is 18.2 Å². The molecule has 2 nitrogen and oxygen atoms in total. The van der Waals surface area contributed by atoms with Crippen molar-refractivity contribution in [2.24, 2.45) is 0 Å². The minimum absolute atomic E-state index is 0.200. The number of benzene rings is 1. The van der Waals surface area contributed by atoms with Crippen LogP contribution < -0.4 is 0 Å². The van der Waals surface area contributed by atoms with Crippen molar-refractivity contribution in [3.63, 3.8) is 0 Å². The van der Waals surface area contributed by atoms with Gasteiger partial charge in [0.05, 0.1) is 12.6 Å². The highest BCUT2D eigenvalue weighted by Crippen LogP contribution is 2.23. The summed E-state index contributed by atoms with van der Waals surface area (Å²) in [7, 11) is 0. The summed E-state index contributed by atoms with van der Waals surface area (Å²) in [5, 5.41) is 9.49. The topological polar surface area (TPSA) is 23.5 Å². The molecule has 1 heterocycles. The molecule has 0 radical (unpaired) electrons. The van der Waals surface area contributed by atoms with Gasteiger partial charge in [-0.1, -0.05) is 36.8 Å². The molecule has 0 spiro atoms. The van der Waals surface area contributed by atoms with Gasteiger partial charge in [-0.3, -0.25) is 4.90 Å². The maximum Gasteiger partial charge on any atom is 0.0628 e. The van der Waals surface area contributed by atoms with Crippen LogP contribution in [0.1, 0.15) is 30.9 Å². The zero-order valence-corrected chi connectivity index (χ0v) is 9.10.